The van der Waals surface area contributed by atoms with Crippen molar-refractivity contribution in [2.45, 2.75) is 52.6 Å². The van der Waals surface area contributed by atoms with Crippen LogP contribution in [0.25, 0.3) is 0 Å². The van der Waals surface area contributed by atoms with Crippen molar-refractivity contribution >= 4 is 0 Å². The summed E-state index contributed by atoms with van der Waals surface area (Å²) in [6, 6.07) is 1.17. The first-order valence-corrected chi connectivity index (χ1v) is 6.23. The van der Waals surface area contributed by atoms with E-state index in [1.807, 2.05) is 6.08 Å². The second-order valence-electron chi connectivity index (χ2n) is 4.32. The smallest absolute Gasteiger partial charge is 0.0169 e. The quantitative estimate of drug-likeness (QED) is 0.591. The molecule has 0 saturated heterocycles. The molecule has 0 amide bonds. The van der Waals surface area contributed by atoms with Crippen LogP contribution in [0.5, 0.6) is 0 Å². The Hall–Kier alpha value is -0.340. The Morgan fingerprint density at radius 1 is 1.20 bits per heavy atom. The summed E-state index contributed by atoms with van der Waals surface area (Å²) >= 11 is 0. The molecule has 90 valence electrons. The van der Waals surface area contributed by atoms with E-state index >= 15 is 0 Å². The Morgan fingerprint density at radius 3 is 2.27 bits per heavy atom. The van der Waals surface area contributed by atoms with Gasteiger partial charge in [0.1, 0.15) is 0 Å². The molecule has 0 aliphatic rings. The van der Waals surface area contributed by atoms with Gasteiger partial charge in [0.2, 0.25) is 0 Å². The summed E-state index contributed by atoms with van der Waals surface area (Å²) in [5, 5.41) is 3.62. The lowest BCUT2D eigenvalue weighted by Gasteiger charge is -2.26. The number of nitrogens with one attached hydrogen (secondary N) is 1. The minimum atomic E-state index is 0.574. The fourth-order valence-corrected chi connectivity index (χ4v) is 1.86. The van der Waals surface area contributed by atoms with Gasteiger partial charge in [0.25, 0.3) is 0 Å². The van der Waals surface area contributed by atoms with Crippen LogP contribution in [0.2, 0.25) is 0 Å². The predicted octanol–water partition coefficient (Wildman–Crippen LogP) is 2.66. The van der Waals surface area contributed by atoms with E-state index in [4.69, 9.17) is 0 Å². The summed E-state index contributed by atoms with van der Waals surface area (Å²) in [6.45, 7) is 16.1. The van der Waals surface area contributed by atoms with E-state index in [0.717, 1.165) is 26.1 Å². The highest BCUT2D eigenvalue weighted by atomic mass is 15.1. The molecule has 0 radical (unpaired) electrons. The summed E-state index contributed by atoms with van der Waals surface area (Å²) in [4.78, 5) is 2.46. The normalized spacial score (nSPS) is 15.3. The first-order chi connectivity index (χ1) is 7.13. The van der Waals surface area contributed by atoms with Crippen molar-refractivity contribution < 1.29 is 0 Å². The highest BCUT2D eigenvalue weighted by Crippen LogP contribution is 1.99. The van der Waals surface area contributed by atoms with Crippen molar-refractivity contribution in [1.29, 1.82) is 0 Å². The Kier molecular flexibility index (Phi) is 8.73. The van der Waals surface area contributed by atoms with Crippen LogP contribution in [-0.4, -0.2) is 36.6 Å². The van der Waals surface area contributed by atoms with Crippen molar-refractivity contribution in [2.75, 3.05) is 19.6 Å². The Balaban J connectivity index is 3.70. The molecular formula is C13H28N2. The van der Waals surface area contributed by atoms with Gasteiger partial charge in [-0.2, -0.15) is 0 Å². The Morgan fingerprint density at radius 2 is 1.80 bits per heavy atom. The maximum Gasteiger partial charge on any atom is 0.0169 e. The van der Waals surface area contributed by atoms with Crippen LogP contribution in [0.15, 0.2) is 12.7 Å². The van der Waals surface area contributed by atoms with Gasteiger partial charge in [-0.1, -0.05) is 19.9 Å². The van der Waals surface area contributed by atoms with Crippen LogP contribution < -0.4 is 5.32 Å². The highest BCUT2D eigenvalue weighted by molar-refractivity contribution is 4.74. The van der Waals surface area contributed by atoms with E-state index in [-0.39, 0.29) is 0 Å². The lowest BCUT2D eigenvalue weighted by Crippen LogP contribution is -2.42. The lowest BCUT2D eigenvalue weighted by molar-refractivity contribution is 0.261. The molecule has 2 nitrogen and oxygen atoms in total. The lowest BCUT2D eigenvalue weighted by atomic mass is 10.1. The standard InChI is InChI=1S/C13H28N2/c1-6-9-10-12(4)14-13(5)11-15(7-2)8-3/h6,12-14H,1,7-11H2,2-5H3. The van der Waals surface area contributed by atoms with Gasteiger partial charge in [-0.25, -0.2) is 0 Å². The van der Waals surface area contributed by atoms with Crippen molar-refractivity contribution in [3.05, 3.63) is 12.7 Å². The largest absolute Gasteiger partial charge is 0.310 e. The second kappa shape index (κ2) is 8.93. The molecule has 0 rings (SSSR count). The van der Waals surface area contributed by atoms with Crippen molar-refractivity contribution in [1.82, 2.24) is 10.2 Å². The zero-order valence-corrected chi connectivity index (χ0v) is 10.9. The van der Waals surface area contributed by atoms with Gasteiger partial charge in [-0.3, -0.25) is 0 Å². The Bertz CT molecular complexity index is 153. The van der Waals surface area contributed by atoms with E-state index in [2.05, 4.69) is 44.5 Å². The van der Waals surface area contributed by atoms with E-state index < -0.39 is 0 Å². The topological polar surface area (TPSA) is 15.3 Å². The number of likely N-dealkylation sites (N-methyl/N-ethyl adjacent to an activating group) is 1. The molecule has 0 aliphatic carbocycles. The molecule has 0 aromatic rings. The molecule has 2 heteroatoms. The summed E-state index contributed by atoms with van der Waals surface area (Å²) < 4.78 is 0. The monoisotopic (exact) mass is 212 g/mol. The minimum Gasteiger partial charge on any atom is -0.310 e. The zero-order valence-electron chi connectivity index (χ0n) is 10.9. The summed E-state index contributed by atoms with van der Waals surface area (Å²) in [5.41, 5.74) is 0. The molecule has 0 aliphatic heterocycles. The van der Waals surface area contributed by atoms with Crippen LogP contribution in [0.1, 0.15) is 40.5 Å². The van der Waals surface area contributed by atoms with Gasteiger partial charge in [0, 0.05) is 18.6 Å². The van der Waals surface area contributed by atoms with Gasteiger partial charge < -0.3 is 10.2 Å². The number of rotatable bonds is 9. The number of allylic oxidation sites excluding steroid dienone is 1. The van der Waals surface area contributed by atoms with Crippen LogP contribution in [0.3, 0.4) is 0 Å². The van der Waals surface area contributed by atoms with Gasteiger partial charge >= 0.3 is 0 Å². The maximum atomic E-state index is 3.75. The molecule has 0 aromatic heterocycles. The maximum absolute atomic E-state index is 3.75. The van der Waals surface area contributed by atoms with E-state index in [1.54, 1.807) is 0 Å². The number of hydrogen-bond acceptors (Lipinski definition) is 2. The van der Waals surface area contributed by atoms with Gasteiger partial charge in [-0.05, 0) is 39.8 Å². The molecular weight excluding hydrogens is 184 g/mol. The third-order valence-corrected chi connectivity index (χ3v) is 2.80. The molecule has 15 heavy (non-hydrogen) atoms. The molecule has 0 heterocycles. The average Bonchev–Trinajstić information content (AvgIpc) is 2.22. The summed E-state index contributed by atoms with van der Waals surface area (Å²) in [6.07, 6.45) is 4.28. The van der Waals surface area contributed by atoms with Crippen LogP contribution in [0, 0.1) is 0 Å². The summed E-state index contributed by atoms with van der Waals surface area (Å²) in [7, 11) is 0. The highest BCUT2D eigenvalue weighted by Gasteiger charge is 2.09. The Labute approximate surface area is 95.7 Å². The average molecular weight is 212 g/mol. The first kappa shape index (κ1) is 14.7. The van der Waals surface area contributed by atoms with Gasteiger partial charge in [0.05, 0.1) is 0 Å². The summed E-state index contributed by atoms with van der Waals surface area (Å²) in [5.74, 6) is 0. The third kappa shape index (κ3) is 7.57. The van der Waals surface area contributed by atoms with E-state index in [9.17, 15) is 0 Å². The number of hydrogen-bond donors (Lipinski definition) is 1. The molecule has 0 saturated carbocycles. The molecule has 0 bridgehead atoms. The van der Waals surface area contributed by atoms with E-state index in [1.165, 1.54) is 6.42 Å². The van der Waals surface area contributed by atoms with Gasteiger partial charge in [0.15, 0.2) is 0 Å². The molecule has 0 aromatic carbocycles. The minimum absolute atomic E-state index is 0.574. The van der Waals surface area contributed by atoms with Crippen LogP contribution in [0.4, 0.5) is 0 Å². The fourth-order valence-electron chi connectivity index (χ4n) is 1.86. The molecule has 2 unspecified atom stereocenters. The molecule has 1 N–H and O–H groups in total. The molecule has 0 fully saturated rings. The fraction of sp³-hybridized carbons (Fsp3) is 0.846. The zero-order chi connectivity index (χ0) is 11.7. The molecule has 2 atom stereocenters. The second-order valence-corrected chi connectivity index (χ2v) is 4.32. The van der Waals surface area contributed by atoms with Gasteiger partial charge in [-0.15, -0.1) is 6.58 Å². The van der Waals surface area contributed by atoms with Crippen LogP contribution >= 0.6 is 0 Å². The number of nitrogens with zero attached hydrogens (tertiary/aromatic N) is 1. The SMILES string of the molecule is C=CCCC(C)NC(C)CN(CC)CC. The van der Waals surface area contributed by atoms with Crippen LogP contribution in [-0.2, 0) is 0 Å². The molecule has 0 spiro atoms. The predicted molar refractivity (Wildman–Crippen MR) is 69.3 cm³/mol. The van der Waals surface area contributed by atoms with Crippen molar-refractivity contribution in [2.24, 2.45) is 0 Å². The van der Waals surface area contributed by atoms with Crippen molar-refractivity contribution in [3.8, 4) is 0 Å². The van der Waals surface area contributed by atoms with Crippen molar-refractivity contribution in [3.63, 3.8) is 0 Å². The first-order valence-electron chi connectivity index (χ1n) is 6.23. The third-order valence-electron chi connectivity index (χ3n) is 2.80. The van der Waals surface area contributed by atoms with E-state index in [0.29, 0.717) is 12.1 Å².